The van der Waals surface area contributed by atoms with Crippen molar-refractivity contribution in [1.82, 2.24) is 9.97 Å². The fourth-order valence-corrected chi connectivity index (χ4v) is 4.71. The summed E-state index contributed by atoms with van der Waals surface area (Å²) in [4.78, 5) is 11.3. The molecule has 0 saturated heterocycles. The highest BCUT2D eigenvalue weighted by Gasteiger charge is 2.10. The van der Waals surface area contributed by atoms with Crippen LogP contribution < -0.4 is 0 Å². The van der Waals surface area contributed by atoms with Crippen molar-refractivity contribution in [2.75, 3.05) is 0 Å². The van der Waals surface area contributed by atoms with Crippen LogP contribution in [0.25, 0.3) is 20.7 Å². The van der Waals surface area contributed by atoms with E-state index in [1.807, 2.05) is 6.07 Å². The molecular formula is C21H18N2S2. The lowest BCUT2D eigenvalue weighted by Crippen LogP contribution is -1.86. The molecular weight excluding hydrogens is 344 g/mol. The van der Waals surface area contributed by atoms with Crippen LogP contribution in [-0.4, -0.2) is 9.97 Å². The van der Waals surface area contributed by atoms with Crippen molar-refractivity contribution in [1.29, 1.82) is 0 Å². The third kappa shape index (κ3) is 3.60. The standard InChI is InChI=1S/C21H18N2S2/c1-2-15-8-10-16(11-9-15)13-24-20-18-12-19(17-6-4-3-5-7-17)25-21(18)23-14-22-20/h3-12,14H,2,13H2,1H3. The topological polar surface area (TPSA) is 25.8 Å². The van der Waals surface area contributed by atoms with E-state index in [-0.39, 0.29) is 0 Å². The van der Waals surface area contributed by atoms with Gasteiger partial charge in [-0.25, -0.2) is 9.97 Å². The SMILES string of the molecule is CCc1ccc(CSc2ncnc3sc(-c4ccccc4)cc23)cc1. The van der Waals surface area contributed by atoms with Crippen molar-refractivity contribution in [2.45, 2.75) is 24.1 Å². The van der Waals surface area contributed by atoms with Crippen LogP contribution in [0.4, 0.5) is 0 Å². The normalized spacial score (nSPS) is 11.1. The number of aromatic nitrogens is 2. The van der Waals surface area contributed by atoms with Crippen LogP contribution in [0.2, 0.25) is 0 Å². The Hall–Kier alpha value is -2.17. The number of benzene rings is 2. The minimum absolute atomic E-state index is 0.923. The van der Waals surface area contributed by atoms with Gasteiger partial charge in [0.2, 0.25) is 0 Å². The molecule has 0 N–H and O–H groups in total. The van der Waals surface area contributed by atoms with E-state index in [1.54, 1.807) is 29.4 Å². The van der Waals surface area contributed by atoms with Crippen molar-refractivity contribution < 1.29 is 0 Å². The highest BCUT2D eigenvalue weighted by molar-refractivity contribution is 7.98. The van der Waals surface area contributed by atoms with Gasteiger partial charge in [0.15, 0.2) is 0 Å². The smallest absolute Gasteiger partial charge is 0.128 e. The van der Waals surface area contributed by atoms with Crippen molar-refractivity contribution >= 4 is 33.3 Å². The molecule has 2 aromatic heterocycles. The largest absolute Gasteiger partial charge is 0.229 e. The van der Waals surface area contributed by atoms with Gasteiger partial charge in [0, 0.05) is 16.0 Å². The maximum absolute atomic E-state index is 4.52. The summed E-state index contributed by atoms with van der Waals surface area (Å²) in [6.45, 7) is 2.18. The Bertz CT molecular complexity index is 976. The maximum Gasteiger partial charge on any atom is 0.128 e. The Labute approximate surface area is 156 Å². The number of aryl methyl sites for hydroxylation is 1. The van der Waals surface area contributed by atoms with Crippen LogP contribution >= 0.6 is 23.1 Å². The van der Waals surface area contributed by atoms with E-state index in [9.17, 15) is 0 Å². The lowest BCUT2D eigenvalue weighted by atomic mass is 10.1. The molecule has 2 heterocycles. The van der Waals surface area contributed by atoms with E-state index >= 15 is 0 Å². The molecule has 4 rings (SSSR count). The van der Waals surface area contributed by atoms with E-state index < -0.39 is 0 Å². The first-order valence-corrected chi connectivity index (χ1v) is 10.1. The molecule has 0 aliphatic rings. The average molecular weight is 363 g/mol. The zero-order valence-corrected chi connectivity index (χ0v) is 15.6. The zero-order chi connectivity index (χ0) is 17.1. The second kappa shape index (κ2) is 7.38. The number of thiophene rings is 1. The highest BCUT2D eigenvalue weighted by atomic mass is 32.2. The van der Waals surface area contributed by atoms with Gasteiger partial charge in [-0.3, -0.25) is 0 Å². The second-order valence-electron chi connectivity index (χ2n) is 5.83. The van der Waals surface area contributed by atoms with Crippen LogP contribution in [-0.2, 0) is 12.2 Å². The number of rotatable bonds is 5. The van der Waals surface area contributed by atoms with Gasteiger partial charge < -0.3 is 0 Å². The lowest BCUT2D eigenvalue weighted by molar-refractivity contribution is 1.11. The summed E-state index contributed by atoms with van der Waals surface area (Å²) in [6, 6.07) is 21.5. The molecule has 0 radical (unpaired) electrons. The summed E-state index contributed by atoms with van der Waals surface area (Å²) in [5.41, 5.74) is 3.94. The molecule has 0 atom stereocenters. The van der Waals surface area contributed by atoms with Crippen LogP contribution in [0.15, 0.2) is 72.0 Å². The van der Waals surface area contributed by atoms with Crippen molar-refractivity contribution in [3.8, 4) is 10.4 Å². The molecule has 2 aromatic carbocycles. The van der Waals surface area contributed by atoms with Gasteiger partial charge in [0.1, 0.15) is 16.2 Å². The summed E-state index contributed by atoms with van der Waals surface area (Å²) in [5, 5.41) is 2.21. The molecule has 0 aliphatic carbocycles. The van der Waals surface area contributed by atoms with Gasteiger partial charge in [-0.05, 0) is 29.2 Å². The van der Waals surface area contributed by atoms with Crippen LogP contribution in [0.3, 0.4) is 0 Å². The summed E-state index contributed by atoms with van der Waals surface area (Å²) < 4.78 is 0. The average Bonchev–Trinajstić information content (AvgIpc) is 3.12. The Kier molecular flexibility index (Phi) is 4.81. The van der Waals surface area contributed by atoms with Crippen molar-refractivity contribution in [2.24, 2.45) is 0 Å². The predicted octanol–water partition coefficient (Wildman–Crippen LogP) is 6.21. The van der Waals surface area contributed by atoms with E-state index in [4.69, 9.17) is 0 Å². The molecule has 4 heteroatoms. The fourth-order valence-electron chi connectivity index (χ4n) is 2.72. The van der Waals surface area contributed by atoms with Crippen molar-refractivity contribution in [3.05, 3.63) is 78.1 Å². The van der Waals surface area contributed by atoms with E-state index in [0.717, 1.165) is 27.4 Å². The number of fused-ring (bicyclic) bond motifs is 1. The maximum atomic E-state index is 4.52. The summed E-state index contributed by atoms with van der Waals surface area (Å²) in [6.07, 6.45) is 2.76. The second-order valence-corrected chi connectivity index (χ2v) is 7.83. The molecule has 0 fully saturated rings. The van der Waals surface area contributed by atoms with Crippen molar-refractivity contribution in [3.63, 3.8) is 0 Å². The van der Waals surface area contributed by atoms with E-state index in [0.29, 0.717) is 0 Å². The Balaban J connectivity index is 1.60. The Morgan fingerprint density at radius 1 is 0.920 bits per heavy atom. The first-order valence-electron chi connectivity index (χ1n) is 8.34. The monoisotopic (exact) mass is 362 g/mol. The van der Waals surface area contributed by atoms with Crippen LogP contribution in [0.5, 0.6) is 0 Å². The number of thioether (sulfide) groups is 1. The predicted molar refractivity (Wildman–Crippen MR) is 108 cm³/mol. The van der Waals surface area contributed by atoms with Gasteiger partial charge in [-0.15, -0.1) is 23.1 Å². The third-order valence-electron chi connectivity index (χ3n) is 4.16. The van der Waals surface area contributed by atoms with Crippen LogP contribution in [0, 0.1) is 0 Å². The first kappa shape index (κ1) is 16.3. The number of nitrogens with zero attached hydrogens (tertiary/aromatic N) is 2. The zero-order valence-electron chi connectivity index (χ0n) is 14.0. The molecule has 0 saturated carbocycles. The summed E-state index contributed by atoms with van der Waals surface area (Å²) in [7, 11) is 0. The highest BCUT2D eigenvalue weighted by Crippen LogP contribution is 2.36. The van der Waals surface area contributed by atoms with Gasteiger partial charge in [0.25, 0.3) is 0 Å². The first-order chi connectivity index (χ1) is 12.3. The van der Waals surface area contributed by atoms with Gasteiger partial charge >= 0.3 is 0 Å². The molecule has 2 nitrogen and oxygen atoms in total. The number of hydrogen-bond acceptors (Lipinski definition) is 4. The fraction of sp³-hybridized carbons (Fsp3) is 0.143. The quantitative estimate of drug-likeness (QED) is 0.312. The molecule has 0 amide bonds. The lowest BCUT2D eigenvalue weighted by Gasteiger charge is -2.03. The molecule has 124 valence electrons. The molecule has 25 heavy (non-hydrogen) atoms. The van der Waals surface area contributed by atoms with Gasteiger partial charge in [0.05, 0.1) is 0 Å². The van der Waals surface area contributed by atoms with Gasteiger partial charge in [-0.2, -0.15) is 0 Å². The van der Waals surface area contributed by atoms with Gasteiger partial charge in [-0.1, -0.05) is 61.5 Å². The van der Waals surface area contributed by atoms with E-state index in [2.05, 4.69) is 71.5 Å². The molecule has 0 spiro atoms. The Morgan fingerprint density at radius 3 is 2.44 bits per heavy atom. The summed E-state index contributed by atoms with van der Waals surface area (Å²) >= 11 is 3.51. The third-order valence-corrected chi connectivity index (χ3v) is 6.33. The van der Waals surface area contributed by atoms with E-state index in [1.165, 1.54) is 21.6 Å². The molecule has 0 unspecified atom stereocenters. The minimum Gasteiger partial charge on any atom is -0.229 e. The number of hydrogen-bond donors (Lipinski definition) is 0. The Morgan fingerprint density at radius 2 is 1.68 bits per heavy atom. The molecule has 0 bridgehead atoms. The molecule has 0 aliphatic heterocycles. The van der Waals surface area contributed by atoms with Crippen LogP contribution in [0.1, 0.15) is 18.1 Å². The minimum atomic E-state index is 0.923. The summed E-state index contributed by atoms with van der Waals surface area (Å²) in [5.74, 6) is 0.923. The molecule has 4 aromatic rings.